The topological polar surface area (TPSA) is 43.9 Å². The van der Waals surface area contributed by atoms with Crippen molar-refractivity contribution in [1.82, 2.24) is 9.80 Å². The van der Waals surface area contributed by atoms with Crippen LogP contribution < -0.4 is 4.90 Å². The fraction of sp³-hybridized carbons (Fsp3) is 0.478. The molecule has 0 N–H and O–H groups in total. The summed E-state index contributed by atoms with van der Waals surface area (Å²) in [5, 5.41) is 2.09. The maximum atomic E-state index is 14.4. The minimum absolute atomic E-state index is 0.116. The third-order valence-corrected chi connectivity index (χ3v) is 6.72. The van der Waals surface area contributed by atoms with Gasteiger partial charge in [0.1, 0.15) is 5.82 Å². The van der Waals surface area contributed by atoms with Crippen molar-refractivity contribution in [1.29, 1.82) is 0 Å². The van der Waals surface area contributed by atoms with Crippen LogP contribution in [0.25, 0.3) is 0 Å². The molecule has 1 aromatic carbocycles. The zero-order chi connectivity index (χ0) is 21.8. The summed E-state index contributed by atoms with van der Waals surface area (Å²) < 4.78 is 14.4. The molecule has 1 saturated heterocycles. The molecule has 7 heteroatoms. The van der Waals surface area contributed by atoms with Crippen molar-refractivity contribution in [2.45, 2.75) is 40.3 Å². The van der Waals surface area contributed by atoms with Crippen molar-refractivity contribution in [2.24, 2.45) is 0 Å². The second-order valence-electron chi connectivity index (χ2n) is 8.12. The number of thiophene rings is 1. The van der Waals surface area contributed by atoms with Crippen LogP contribution in [0.3, 0.4) is 0 Å². The number of hydrogen-bond donors (Lipinski definition) is 0. The first-order chi connectivity index (χ1) is 14.3. The Morgan fingerprint density at radius 2 is 1.87 bits per heavy atom. The molecule has 1 fully saturated rings. The Hall–Kier alpha value is -2.25. The van der Waals surface area contributed by atoms with E-state index in [1.54, 1.807) is 23.5 Å². The monoisotopic (exact) mass is 431 g/mol. The van der Waals surface area contributed by atoms with Gasteiger partial charge in [0.25, 0.3) is 0 Å². The summed E-state index contributed by atoms with van der Waals surface area (Å²) in [5.74, 6) is -0.423. The van der Waals surface area contributed by atoms with E-state index in [4.69, 9.17) is 0 Å². The number of anilines is 1. The fourth-order valence-electron chi connectivity index (χ4n) is 3.62. The number of carbonyl (C=O) groups is 2. The lowest BCUT2D eigenvalue weighted by atomic mass is 10.1. The van der Waals surface area contributed by atoms with Crippen molar-refractivity contribution < 1.29 is 14.0 Å². The molecule has 0 spiro atoms. The number of halogens is 1. The van der Waals surface area contributed by atoms with Crippen LogP contribution >= 0.6 is 11.3 Å². The normalized spacial score (nSPS) is 14.6. The predicted molar refractivity (Wildman–Crippen MR) is 120 cm³/mol. The largest absolute Gasteiger partial charge is 0.366 e. The number of Topliss-reactive ketones (excluding diaryl/α,β-unsaturated/α-hetero) is 1. The van der Waals surface area contributed by atoms with Gasteiger partial charge in [0, 0.05) is 49.2 Å². The molecular formula is C23H30FN3O2S. The molecule has 0 aliphatic carbocycles. The molecule has 30 heavy (non-hydrogen) atoms. The number of piperazine rings is 1. The molecule has 0 saturated carbocycles. The smallest absolute Gasteiger partial charge is 0.236 e. The molecule has 1 aromatic heterocycles. The second kappa shape index (κ2) is 9.71. The van der Waals surface area contributed by atoms with Crippen LogP contribution in [-0.4, -0.2) is 60.3 Å². The number of benzene rings is 1. The molecule has 2 aromatic rings. The number of rotatable bonds is 7. The first-order valence-electron chi connectivity index (χ1n) is 10.4. The molecule has 0 unspecified atom stereocenters. The van der Waals surface area contributed by atoms with Crippen LogP contribution in [0.15, 0.2) is 29.6 Å². The number of hydrogen-bond acceptors (Lipinski definition) is 5. The molecule has 1 aliphatic rings. The molecule has 1 aliphatic heterocycles. The summed E-state index contributed by atoms with van der Waals surface area (Å²) in [6.45, 7) is 11.2. The average Bonchev–Trinajstić information content (AvgIpc) is 3.11. The van der Waals surface area contributed by atoms with E-state index in [0.717, 1.165) is 6.54 Å². The summed E-state index contributed by atoms with van der Waals surface area (Å²) in [6.07, 6.45) is 0. The van der Waals surface area contributed by atoms with E-state index in [-0.39, 0.29) is 23.5 Å². The third-order valence-electron chi connectivity index (χ3n) is 5.71. The van der Waals surface area contributed by atoms with Crippen molar-refractivity contribution in [3.63, 3.8) is 0 Å². The number of amides is 1. The van der Waals surface area contributed by atoms with Gasteiger partial charge in [-0.25, -0.2) is 4.39 Å². The third kappa shape index (κ3) is 5.26. The van der Waals surface area contributed by atoms with Gasteiger partial charge in [0.15, 0.2) is 5.78 Å². The van der Waals surface area contributed by atoms with Gasteiger partial charge in [0.2, 0.25) is 5.91 Å². The Kier molecular flexibility index (Phi) is 7.26. The van der Waals surface area contributed by atoms with Crippen LogP contribution in [0, 0.1) is 12.7 Å². The van der Waals surface area contributed by atoms with E-state index in [0.29, 0.717) is 44.0 Å². The van der Waals surface area contributed by atoms with Crippen LogP contribution in [0.5, 0.6) is 0 Å². The quantitative estimate of drug-likeness (QED) is 0.623. The molecule has 0 atom stereocenters. The van der Waals surface area contributed by atoms with E-state index >= 15 is 0 Å². The van der Waals surface area contributed by atoms with Gasteiger partial charge in [0.05, 0.1) is 12.2 Å². The van der Waals surface area contributed by atoms with Crippen molar-refractivity contribution in [2.75, 3.05) is 37.6 Å². The van der Waals surface area contributed by atoms with Gasteiger partial charge in [-0.2, -0.15) is 0 Å². The molecule has 162 valence electrons. The molecule has 1 amide bonds. The maximum Gasteiger partial charge on any atom is 0.236 e. The summed E-state index contributed by atoms with van der Waals surface area (Å²) in [6, 6.07) is 6.99. The lowest BCUT2D eigenvalue weighted by Crippen LogP contribution is -2.52. The number of nitrogens with zero attached hydrogens (tertiary/aromatic N) is 3. The number of carbonyl (C=O) groups excluding carboxylic acids is 2. The van der Waals surface area contributed by atoms with Gasteiger partial charge in [-0.1, -0.05) is 0 Å². The lowest BCUT2D eigenvalue weighted by molar-refractivity contribution is -0.133. The fourth-order valence-corrected chi connectivity index (χ4v) is 4.56. The highest BCUT2D eigenvalue weighted by molar-refractivity contribution is 7.10. The van der Waals surface area contributed by atoms with Crippen LogP contribution in [0.4, 0.5) is 10.1 Å². The van der Waals surface area contributed by atoms with Crippen LogP contribution in [-0.2, 0) is 11.3 Å². The van der Waals surface area contributed by atoms with Gasteiger partial charge in [-0.3, -0.25) is 14.5 Å². The Labute approximate surface area is 182 Å². The maximum absolute atomic E-state index is 14.4. The molecule has 3 rings (SSSR count). The standard InChI is InChI=1S/C23H30FN3O2S/c1-16(2)27(14-22-17(3)7-12-30-22)15-23(29)26-10-8-25(9-11-26)21-6-5-19(18(4)28)13-20(21)24/h5-7,12-13,16H,8-11,14-15H2,1-4H3. The zero-order valence-electron chi connectivity index (χ0n) is 18.2. The highest BCUT2D eigenvalue weighted by Crippen LogP contribution is 2.23. The van der Waals surface area contributed by atoms with E-state index in [2.05, 4.69) is 37.1 Å². The Morgan fingerprint density at radius 1 is 1.17 bits per heavy atom. The Morgan fingerprint density at radius 3 is 2.40 bits per heavy atom. The van der Waals surface area contributed by atoms with E-state index in [9.17, 15) is 14.0 Å². The average molecular weight is 432 g/mol. The first-order valence-corrected chi connectivity index (χ1v) is 11.2. The summed E-state index contributed by atoms with van der Waals surface area (Å²) in [5.41, 5.74) is 2.13. The highest BCUT2D eigenvalue weighted by atomic mass is 32.1. The van der Waals surface area contributed by atoms with E-state index < -0.39 is 0 Å². The highest BCUT2D eigenvalue weighted by Gasteiger charge is 2.25. The number of aryl methyl sites for hydroxylation is 1. The summed E-state index contributed by atoms with van der Waals surface area (Å²) >= 11 is 1.73. The molecule has 5 nitrogen and oxygen atoms in total. The Balaban J connectivity index is 1.58. The number of ketones is 1. The lowest BCUT2D eigenvalue weighted by Gasteiger charge is -2.37. The minimum Gasteiger partial charge on any atom is -0.366 e. The molecular weight excluding hydrogens is 401 g/mol. The molecule has 0 bridgehead atoms. The van der Waals surface area contributed by atoms with Crippen LogP contribution in [0.1, 0.15) is 41.6 Å². The predicted octanol–water partition coefficient (Wildman–Crippen LogP) is 3.96. The van der Waals surface area contributed by atoms with Gasteiger partial charge < -0.3 is 9.80 Å². The van der Waals surface area contributed by atoms with E-state index in [1.165, 1.54) is 23.4 Å². The van der Waals surface area contributed by atoms with Gasteiger partial charge >= 0.3 is 0 Å². The molecule has 2 heterocycles. The zero-order valence-corrected chi connectivity index (χ0v) is 19.0. The van der Waals surface area contributed by atoms with Gasteiger partial charge in [-0.15, -0.1) is 11.3 Å². The summed E-state index contributed by atoms with van der Waals surface area (Å²) in [4.78, 5) is 31.7. The van der Waals surface area contributed by atoms with Gasteiger partial charge in [-0.05, 0) is 62.9 Å². The first kappa shape index (κ1) is 22.4. The van der Waals surface area contributed by atoms with E-state index in [1.807, 2.05) is 9.80 Å². The second-order valence-corrected chi connectivity index (χ2v) is 9.12. The van der Waals surface area contributed by atoms with Crippen molar-refractivity contribution in [3.05, 3.63) is 51.5 Å². The van der Waals surface area contributed by atoms with Crippen molar-refractivity contribution >= 4 is 28.7 Å². The van der Waals surface area contributed by atoms with Crippen LogP contribution in [0.2, 0.25) is 0 Å². The SMILES string of the molecule is CC(=O)c1ccc(N2CCN(C(=O)CN(Cc3sccc3C)C(C)C)CC2)c(F)c1. The summed E-state index contributed by atoms with van der Waals surface area (Å²) in [7, 11) is 0. The van der Waals surface area contributed by atoms with Crippen molar-refractivity contribution in [3.8, 4) is 0 Å². The molecule has 0 radical (unpaired) electrons. The minimum atomic E-state index is -0.389. The Bertz CT molecular complexity index is 904.